The molecule has 0 fully saturated rings. The average Bonchev–Trinajstić information content (AvgIpc) is 2.78. The lowest BCUT2D eigenvalue weighted by Crippen LogP contribution is -1.93. The summed E-state index contributed by atoms with van der Waals surface area (Å²) in [7, 11) is 0. The van der Waals surface area contributed by atoms with Crippen LogP contribution in [0.2, 0.25) is 0 Å². The van der Waals surface area contributed by atoms with Gasteiger partial charge in [0, 0.05) is 11.8 Å². The monoisotopic (exact) mass is 224 g/mol. The molecule has 0 radical (unpaired) electrons. The number of Topliss-reactive ketones (excluding diaryl/α,β-unsaturated/α-hetero) is 1. The molecule has 2 aromatic carbocycles. The molecule has 84 valence electrons. The van der Waals surface area contributed by atoms with Crippen LogP contribution in [0.1, 0.15) is 23.7 Å². The molecule has 0 aliphatic carbocycles. The number of rotatable bonds is 2. The molecule has 0 bridgehead atoms. The third kappa shape index (κ3) is 1.53. The standard InChI is InChI=1S/C15H12O2/c1-2-14(16)13-9-17-15-8-11-6-4-3-5-10(11)7-12(13)15/h3-9H,2H2,1H3. The number of fused-ring (bicyclic) bond motifs is 2. The predicted molar refractivity (Wildman–Crippen MR) is 68.3 cm³/mol. The average molecular weight is 224 g/mol. The van der Waals surface area contributed by atoms with Crippen LogP contribution in [-0.4, -0.2) is 5.78 Å². The normalized spacial score (nSPS) is 11.1. The van der Waals surface area contributed by atoms with E-state index in [0.29, 0.717) is 12.0 Å². The fourth-order valence-electron chi connectivity index (χ4n) is 2.12. The van der Waals surface area contributed by atoms with Crippen molar-refractivity contribution >= 4 is 27.5 Å². The van der Waals surface area contributed by atoms with Crippen LogP contribution in [-0.2, 0) is 0 Å². The van der Waals surface area contributed by atoms with E-state index < -0.39 is 0 Å². The second kappa shape index (κ2) is 3.74. The van der Waals surface area contributed by atoms with Gasteiger partial charge in [-0.15, -0.1) is 0 Å². The highest BCUT2D eigenvalue weighted by Crippen LogP contribution is 2.27. The summed E-state index contributed by atoms with van der Waals surface area (Å²) < 4.78 is 5.46. The predicted octanol–water partition coefficient (Wildman–Crippen LogP) is 4.18. The lowest BCUT2D eigenvalue weighted by Gasteiger charge is -1.98. The van der Waals surface area contributed by atoms with Crippen LogP contribution < -0.4 is 0 Å². The summed E-state index contributed by atoms with van der Waals surface area (Å²) in [5, 5.41) is 3.17. The van der Waals surface area contributed by atoms with Crippen LogP contribution >= 0.6 is 0 Å². The minimum Gasteiger partial charge on any atom is -0.464 e. The van der Waals surface area contributed by atoms with Crippen LogP contribution in [0.4, 0.5) is 0 Å². The van der Waals surface area contributed by atoms with Crippen LogP contribution in [0.25, 0.3) is 21.7 Å². The Hall–Kier alpha value is -2.09. The smallest absolute Gasteiger partial charge is 0.166 e. The van der Waals surface area contributed by atoms with E-state index in [0.717, 1.165) is 21.7 Å². The molecule has 3 rings (SSSR count). The molecule has 1 aromatic heterocycles. The van der Waals surface area contributed by atoms with Crippen molar-refractivity contribution in [2.75, 3.05) is 0 Å². The maximum Gasteiger partial charge on any atom is 0.166 e. The Kier molecular flexibility index (Phi) is 2.22. The Labute approximate surface area is 98.8 Å². The highest BCUT2D eigenvalue weighted by atomic mass is 16.3. The number of carbonyl (C=O) groups is 1. The van der Waals surface area contributed by atoms with Crippen LogP contribution in [0.15, 0.2) is 47.1 Å². The van der Waals surface area contributed by atoms with Crippen LogP contribution in [0.3, 0.4) is 0 Å². The molecule has 1 heterocycles. The summed E-state index contributed by atoms with van der Waals surface area (Å²) in [6.45, 7) is 1.86. The van der Waals surface area contributed by atoms with E-state index in [1.54, 1.807) is 6.26 Å². The van der Waals surface area contributed by atoms with Gasteiger partial charge in [0.25, 0.3) is 0 Å². The van der Waals surface area contributed by atoms with Crippen molar-refractivity contribution in [1.82, 2.24) is 0 Å². The Balaban J connectivity index is 2.35. The van der Waals surface area contributed by atoms with Gasteiger partial charge in [0.15, 0.2) is 5.78 Å². The Morgan fingerprint density at radius 2 is 1.88 bits per heavy atom. The number of hydrogen-bond acceptors (Lipinski definition) is 2. The van der Waals surface area contributed by atoms with Crippen molar-refractivity contribution in [3.63, 3.8) is 0 Å². The Bertz CT molecular complexity index is 707. The van der Waals surface area contributed by atoms with Gasteiger partial charge in [-0.25, -0.2) is 0 Å². The van der Waals surface area contributed by atoms with Gasteiger partial charge in [0.05, 0.1) is 5.56 Å². The van der Waals surface area contributed by atoms with Gasteiger partial charge in [-0.1, -0.05) is 31.2 Å². The van der Waals surface area contributed by atoms with Gasteiger partial charge in [-0.05, 0) is 22.9 Å². The summed E-state index contributed by atoms with van der Waals surface area (Å²) >= 11 is 0. The molecule has 0 N–H and O–H groups in total. The number of benzene rings is 2. The van der Waals surface area contributed by atoms with E-state index in [-0.39, 0.29) is 5.78 Å². The van der Waals surface area contributed by atoms with Crippen molar-refractivity contribution in [2.45, 2.75) is 13.3 Å². The molecule has 0 saturated carbocycles. The van der Waals surface area contributed by atoms with Crippen molar-refractivity contribution in [2.24, 2.45) is 0 Å². The zero-order valence-electron chi connectivity index (χ0n) is 9.57. The van der Waals surface area contributed by atoms with Crippen molar-refractivity contribution in [1.29, 1.82) is 0 Å². The fraction of sp³-hybridized carbons (Fsp3) is 0.133. The number of hydrogen-bond donors (Lipinski definition) is 0. The van der Waals surface area contributed by atoms with E-state index >= 15 is 0 Å². The first-order valence-electron chi connectivity index (χ1n) is 5.73. The molecule has 0 aliphatic heterocycles. The molecule has 2 heteroatoms. The van der Waals surface area contributed by atoms with Gasteiger partial charge >= 0.3 is 0 Å². The lowest BCUT2D eigenvalue weighted by atomic mass is 10.0. The van der Waals surface area contributed by atoms with Gasteiger partial charge in [0.1, 0.15) is 11.8 Å². The summed E-state index contributed by atoms with van der Waals surface area (Å²) in [5.74, 6) is 0.124. The summed E-state index contributed by atoms with van der Waals surface area (Å²) in [6, 6.07) is 12.1. The highest BCUT2D eigenvalue weighted by Gasteiger charge is 2.12. The second-order valence-corrected chi connectivity index (χ2v) is 4.12. The molecule has 0 saturated heterocycles. The summed E-state index contributed by atoms with van der Waals surface area (Å²) in [6.07, 6.45) is 2.07. The van der Waals surface area contributed by atoms with E-state index in [9.17, 15) is 4.79 Å². The van der Waals surface area contributed by atoms with E-state index in [2.05, 4.69) is 0 Å². The summed E-state index contributed by atoms with van der Waals surface area (Å²) in [5.41, 5.74) is 1.47. The first-order valence-corrected chi connectivity index (χ1v) is 5.73. The number of ketones is 1. The van der Waals surface area contributed by atoms with Crippen molar-refractivity contribution < 1.29 is 9.21 Å². The minimum absolute atomic E-state index is 0.124. The highest BCUT2D eigenvalue weighted by molar-refractivity contribution is 6.10. The minimum atomic E-state index is 0.124. The number of furan rings is 1. The zero-order valence-corrected chi connectivity index (χ0v) is 9.57. The first-order chi connectivity index (χ1) is 8.29. The van der Waals surface area contributed by atoms with E-state index in [1.807, 2.05) is 43.3 Å². The lowest BCUT2D eigenvalue weighted by molar-refractivity contribution is 0.0989. The zero-order chi connectivity index (χ0) is 11.8. The molecule has 17 heavy (non-hydrogen) atoms. The molecule has 0 amide bonds. The topological polar surface area (TPSA) is 30.2 Å². The van der Waals surface area contributed by atoms with Gasteiger partial charge in [-0.2, -0.15) is 0 Å². The summed E-state index contributed by atoms with van der Waals surface area (Å²) in [4.78, 5) is 11.8. The molecule has 0 atom stereocenters. The van der Waals surface area contributed by atoms with Crippen molar-refractivity contribution in [3.05, 3.63) is 48.2 Å². The van der Waals surface area contributed by atoms with Gasteiger partial charge in [0.2, 0.25) is 0 Å². The maximum atomic E-state index is 11.8. The molecule has 0 spiro atoms. The molecule has 0 unspecified atom stereocenters. The first kappa shape index (κ1) is 10.1. The largest absolute Gasteiger partial charge is 0.464 e. The number of carbonyl (C=O) groups excluding carboxylic acids is 1. The molecule has 3 aromatic rings. The van der Waals surface area contributed by atoms with E-state index in [1.165, 1.54) is 0 Å². The fourth-order valence-corrected chi connectivity index (χ4v) is 2.12. The maximum absolute atomic E-state index is 11.8. The molecule has 0 aliphatic rings. The molecular formula is C15H12O2. The SMILES string of the molecule is CCC(=O)c1coc2cc3ccccc3cc12. The van der Waals surface area contributed by atoms with E-state index in [4.69, 9.17) is 4.42 Å². The van der Waals surface area contributed by atoms with Gasteiger partial charge < -0.3 is 4.42 Å². The van der Waals surface area contributed by atoms with Crippen LogP contribution in [0.5, 0.6) is 0 Å². The second-order valence-electron chi connectivity index (χ2n) is 4.12. The molecular weight excluding hydrogens is 212 g/mol. The van der Waals surface area contributed by atoms with Gasteiger partial charge in [-0.3, -0.25) is 4.79 Å². The van der Waals surface area contributed by atoms with Crippen LogP contribution in [0, 0.1) is 0 Å². The third-order valence-corrected chi connectivity index (χ3v) is 3.06. The quantitative estimate of drug-likeness (QED) is 0.611. The Morgan fingerprint density at radius 1 is 1.18 bits per heavy atom. The van der Waals surface area contributed by atoms with Crippen molar-refractivity contribution in [3.8, 4) is 0 Å². The Morgan fingerprint density at radius 3 is 2.59 bits per heavy atom. The molecule has 2 nitrogen and oxygen atoms in total. The third-order valence-electron chi connectivity index (χ3n) is 3.06.